The Hall–Kier alpha value is -1.28. The number of hydrogen-bond donors (Lipinski definition) is 1. The Balaban J connectivity index is 2.56. The number of ether oxygens (including phenoxy) is 1. The summed E-state index contributed by atoms with van der Waals surface area (Å²) < 4.78 is 5.15. The molecule has 0 aliphatic carbocycles. The zero-order valence-corrected chi connectivity index (χ0v) is 12.7. The van der Waals surface area contributed by atoms with E-state index in [1.54, 1.807) is 18.2 Å². The Morgan fingerprint density at radius 1 is 1.45 bits per heavy atom. The van der Waals surface area contributed by atoms with Crippen LogP contribution in [0.15, 0.2) is 18.2 Å². The van der Waals surface area contributed by atoms with E-state index < -0.39 is 6.04 Å². The van der Waals surface area contributed by atoms with Gasteiger partial charge in [-0.2, -0.15) is 5.26 Å². The van der Waals surface area contributed by atoms with Crippen LogP contribution >= 0.6 is 23.2 Å². The van der Waals surface area contributed by atoms with E-state index in [1.165, 1.54) is 0 Å². The first-order valence-corrected chi connectivity index (χ1v) is 7.05. The second-order valence-corrected chi connectivity index (χ2v) is 4.92. The minimum absolute atomic E-state index is 0.192. The van der Waals surface area contributed by atoms with Crippen LogP contribution in [0.2, 0.25) is 10.0 Å². The van der Waals surface area contributed by atoms with Gasteiger partial charge >= 0.3 is 0 Å². The van der Waals surface area contributed by atoms with Gasteiger partial charge in [0.25, 0.3) is 0 Å². The van der Waals surface area contributed by atoms with Crippen LogP contribution in [0.25, 0.3) is 0 Å². The van der Waals surface area contributed by atoms with Crippen molar-refractivity contribution >= 4 is 29.1 Å². The van der Waals surface area contributed by atoms with E-state index in [4.69, 9.17) is 33.2 Å². The Labute approximate surface area is 128 Å². The molecule has 1 N–H and O–H groups in total. The molecule has 0 spiro atoms. The summed E-state index contributed by atoms with van der Waals surface area (Å²) in [5.41, 5.74) is 0.611. The summed E-state index contributed by atoms with van der Waals surface area (Å²) in [7, 11) is 0. The molecule has 0 fully saturated rings. The monoisotopic (exact) mass is 314 g/mol. The van der Waals surface area contributed by atoms with Gasteiger partial charge in [0.1, 0.15) is 6.04 Å². The smallest absolute Gasteiger partial charge is 0.221 e. The molecule has 1 aromatic carbocycles. The fourth-order valence-corrected chi connectivity index (χ4v) is 1.90. The maximum atomic E-state index is 11.7. The molecule has 0 radical (unpaired) electrons. The number of halogens is 2. The van der Waals surface area contributed by atoms with E-state index >= 15 is 0 Å². The third-order valence-corrected chi connectivity index (χ3v) is 3.35. The van der Waals surface area contributed by atoms with Crippen molar-refractivity contribution in [2.75, 3.05) is 13.2 Å². The SMILES string of the molecule is CCOCCCC(=O)N[C@H](C#N)c1ccc(Cl)c(Cl)c1. The number of amides is 1. The highest BCUT2D eigenvalue weighted by Gasteiger charge is 2.14. The fourth-order valence-electron chi connectivity index (χ4n) is 1.59. The standard InChI is InChI=1S/C14H16Cl2N2O2/c1-2-20-7-3-4-14(19)18-13(9-17)10-5-6-11(15)12(16)8-10/h5-6,8,13H,2-4,7H2,1H3,(H,18,19)/t13-/m1/s1. The maximum absolute atomic E-state index is 11.7. The third-order valence-electron chi connectivity index (χ3n) is 2.61. The summed E-state index contributed by atoms with van der Waals surface area (Å²) in [6.45, 7) is 3.07. The first kappa shape index (κ1) is 16.8. The molecular formula is C14H16Cl2N2O2. The average Bonchev–Trinajstić information content (AvgIpc) is 2.44. The van der Waals surface area contributed by atoms with E-state index in [9.17, 15) is 4.79 Å². The van der Waals surface area contributed by atoms with Crippen LogP contribution in [-0.4, -0.2) is 19.1 Å². The zero-order valence-electron chi connectivity index (χ0n) is 11.2. The molecule has 0 bridgehead atoms. The minimum Gasteiger partial charge on any atom is -0.382 e. The quantitative estimate of drug-likeness (QED) is 0.783. The lowest BCUT2D eigenvalue weighted by molar-refractivity contribution is -0.121. The van der Waals surface area contributed by atoms with Crippen LogP contribution in [0.1, 0.15) is 31.4 Å². The molecule has 0 saturated heterocycles. The topological polar surface area (TPSA) is 62.1 Å². The highest BCUT2D eigenvalue weighted by atomic mass is 35.5. The molecule has 0 aromatic heterocycles. The Kier molecular flexibility index (Phi) is 7.38. The molecule has 1 rings (SSSR count). The largest absolute Gasteiger partial charge is 0.382 e. The molecule has 1 aromatic rings. The van der Waals surface area contributed by atoms with E-state index in [1.807, 2.05) is 13.0 Å². The van der Waals surface area contributed by atoms with Gasteiger partial charge in [-0.25, -0.2) is 0 Å². The summed E-state index contributed by atoms with van der Waals surface area (Å²) in [5.74, 6) is -0.192. The summed E-state index contributed by atoms with van der Waals surface area (Å²) in [4.78, 5) is 11.7. The molecule has 4 nitrogen and oxygen atoms in total. The molecule has 0 aliphatic rings. The highest BCUT2D eigenvalue weighted by Crippen LogP contribution is 2.25. The number of nitrogens with zero attached hydrogens (tertiary/aromatic N) is 1. The van der Waals surface area contributed by atoms with Crippen molar-refractivity contribution in [3.05, 3.63) is 33.8 Å². The van der Waals surface area contributed by atoms with E-state index in [-0.39, 0.29) is 5.91 Å². The summed E-state index contributed by atoms with van der Waals surface area (Å²) >= 11 is 11.7. The van der Waals surface area contributed by atoms with Crippen LogP contribution in [0.4, 0.5) is 0 Å². The van der Waals surface area contributed by atoms with Gasteiger partial charge in [-0.3, -0.25) is 4.79 Å². The Bertz CT molecular complexity index is 500. The molecule has 0 saturated carbocycles. The van der Waals surface area contributed by atoms with Crippen LogP contribution < -0.4 is 5.32 Å². The van der Waals surface area contributed by atoms with Gasteiger partial charge in [0.15, 0.2) is 0 Å². The lowest BCUT2D eigenvalue weighted by Crippen LogP contribution is -2.27. The van der Waals surface area contributed by atoms with Crippen LogP contribution in [-0.2, 0) is 9.53 Å². The predicted octanol–water partition coefficient (Wildman–Crippen LogP) is 3.49. The van der Waals surface area contributed by atoms with E-state index in [2.05, 4.69) is 5.32 Å². The fraction of sp³-hybridized carbons (Fsp3) is 0.429. The van der Waals surface area contributed by atoms with Gasteiger partial charge in [-0.1, -0.05) is 29.3 Å². The highest BCUT2D eigenvalue weighted by molar-refractivity contribution is 6.42. The maximum Gasteiger partial charge on any atom is 0.221 e. The number of carbonyl (C=O) groups excluding carboxylic acids is 1. The van der Waals surface area contributed by atoms with Crippen molar-refractivity contribution in [2.45, 2.75) is 25.8 Å². The molecular weight excluding hydrogens is 299 g/mol. The van der Waals surface area contributed by atoms with Crippen LogP contribution in [0.5, 0.6) is 0 Å². The Morgan fingerprint density at radius 3 is 2.80 bits per heavy atom. The lowest BCUT2D eigenvalue weighted by atomic mass is 10.1. The van der Waals surface area contributed by atoms with Crippen molar-refractivity contribution in [2.24, 2.45) is 0 Å². The van der Waals surface area contributed by atoms with Gasteiger partial charge < -0.3 is 10.1 Å². The number of nitrogens with one attached hydrogen (secondary N) is 1. The van der Waals surface area contributed by atoms with Crippen LogP contribution in [0, 0.1) is 11.3 Å². The molecule has 1 amide bonds. The third kappa shape index (κ3) is 5.38. The van der Waals surface area contributed by atoms with Gasteiger partial charge in [0, 0.05) is 19.6 Å². The number of benzene rings is 1. The minimum atomic E-state index is -0.732. The number of carbonyl (C=O) groups is 1. The van der Waals surface area contributed by atoms with Crippen molar-refractivity contribution in [1.82, 2.24) is 5.32 Å². The normalized spacial score (nSPS) is 11.7. The first-order chi connectivity index (χ1) is 9.58. The molecule has 0 aliphatic heterocycles. The van der Waals surface area contributed by atoms with Crippen LogP contribution in [0.3, 0.4) is 0 Å². The molecule has 6 heteroatoms. The van der Waals surface area contributed by atoms with Gasteiger partial charge in [0.2, 0.25) is 5.91 Å². The van der Waals surface area contributed by atoms with Crippen molar-refractivity contribution < 1.29 is 9.53 Å². The number of hydrogen-bond acceptors (Lipinski definition) is 3. The first-order valence-electron chi connectivity index (χ1n) is 6.30. The predicted molar refractivity (Wildman–Crippen MR) is 78.7 cm³/mol. The number of nitriles is 1. The van der Waals surface area contributed by atoms with Crippen molar-refractivity contribution in [3.8, 4) is 6.07 Å². The molecule has 0 heterocycles. The second kappa shape index (κ2) is 8.80. The van der Waals surface area contributed by atoms with E-state index in [0.29, 0.717) is 41.7 Å². The zero-order chi connectivity index (χ0) is 15.0. The lowest BCUT2D eigenvalue weighted by Gasteiger charge is -2.12. The molecule has 20 heavy (non-hydrogen) atoms. The van der Waals surface area contributed by atoms with E-state index in [0.717, 1.165) is 0 Å². The average molecular weight is 315 g/mol. The summed E-state index contributed by atoms with van der Waals surface area (Å²) in [5, 5.41) is 12.6. The molecule has 108 valence electrons. The van der Waals surface area contributed by atoms with Gasteiger partial charge in [-0.05, 0) is 31.0 Å². The van der Waals surface area contributed by atoms with Crippen molar-refractivity contribution in [3.63, 3.8) is 0 Å². The number of rotatable bonds is 7. The summed E-state index contributed by atoms with van der Waals surface area (Å²) in [6.07, 6.45) is 0.943. The summed E-state index contributed by atoms with van der Waals surface area (Å²) in [6, 6.07) is 6.15. The van der Waals surface area contributed by atoms with Crippen molar-refractivity contribution in [1.29, 1.82) is 5.26 Å². The van der Waals surface area contributed by atoms with Gasteiger partial charge in [-0.15, -0.1) is 0 Å². The second-order valence-electron chi connectivity index (χ2n) is 4.10. The van der Waals surface area contributed by atoms with Gasteiger partial charge in [0.05, 0.1) is 16.1 Å². The molecule has 1 atom stereocenters. The Morgan fingerprint density at radius 2 is 2.20 bits per heavy atom. The molecule has 0 unspecified atom stereocenters.